The lowest BCUT2D eigenvalue weighted by Gasteiger charge is -2.31. The van der Waals surface area contributed by atoms with Crippen LogP contribution in [0, 0.1) is 6.92 Å². The lowest BCUT2D eigenvalue weighted by Crippen LogP contribution is -2.46. The van der Waals surface area contributed by atoms with Gasteiger partial charge in [-0.15, -0.1) is 0 Å². The highest BCUT2D eigenvalue weighted by atomic mass is 16.2. The normalized spacial score (nSPS) is 15.8. The fraction of sp³-hybridized carbons (Fsp3) is 0.273. The van der Waals surface area contributed by atoms with Gasteiger partial charge in [0.25, 0.3) is 0 Å². The van der Waals surface area contributed by atoms with Crippen LogP contribution in [0.4, 0.5) is 22.1 Å². The summed E-state index contributed by atoms with van der Waals surface area (Å²) in [6.07, 6.45) is 6.54. The van der Waals surface area contributed by atoms with Crippen LogP contribution in [0.1, 0.15) is 18.4 Å². The standard InChI is InChI=1S/C22H22N6O/c1-15-3-2-4-16(13-15)18-5-6-19-21(25-18)28(17-7-11-27(19)12-8-17)22(29)26-20-14-23-9-10-24-20/h2-6,9-10,13-14,17H,7-8,11-12H2,1H3,(H,24,26,29). The number of nitrogens with one attached hydrogen (secondary N) is 1. The number of hydrogen-bond acceptors (Lipinski definition) is 5. The molecule has 3 aliphatic rings. The molecule has 5 heterocycles. The molecular weight excluding hydrogens is 364 g/mol. The van der Waals surface area contributed by atoms with Crippen LogP contribution in [0.15, 0.2) is 55.0 Å². The van der Waals surface area contributed by atoms with E-state index in [0.29, 0.717) is 11.6 Å². The van der Waals surface area contributed by atoms with Gasteiger partial charge in [0, 0.05) is 37.1 Å². The van der Waals surface area contributed by atoms with E-state index >= 15 is 0 Å². The molecule has 2 aromatic heterocycles. The third-order valence-corrected chi connectivity index (χ3v) is 5.58. The van der Waals surface area contributed by atoms with Crippen molar-refractivity contribution in [2.75, 3.05) is 28.2 Å². The van der Waals surface area contributed by atoms with Gasteiger partial charge in [-0.2, -0.15) is 0 Å². The zero-order valence-corrected chi connectivity index (χ0v) is 16.2. The van der Waals surface area contributed by atoms with Crippen LogP contribution in [0.3, 0.4) is 0 Å². The number of rotatable bonds is 2. The van der Waals surface area contributed by atoms with Crippen LogP contribution >= 0.6 is 0 Å². The molecule has 7 heteroatoms. The Kier molecular flexibility index (Phi) is 4.35. The quantitative estimate of drug-likeness (QED) is 0.724. The molecule has 3 aromatic rings. The minimum absolute atomic E-state index is 0.115. The van der Waals surface area contributed by atoms with Gasteiger partial charge in [0.2, 0.25) is 0 Å². The molecule has 1 aromatic carbocycles. The molecule has 29 heavy (non-hydrogen) atoms. The Hall–Kier alpha value is -3.48. The number of aromatic nitrogens is 3. The van der Waals surface area contributed by atoms with Gasteiger partial charge in [0.15, 0.2) is 11.6 Å². The number of hydrogen-bond donors (Lipinski definition) is 1. The first-order valence-corrected chi connectivity index (χ1v) is 9.88. The maximum atomic E-state index is 13.3. The van der Waals surface area contributed by atoms with Crippen LogP contribution in [-0.4, -0.2) is 40.1 Å². The molecule has 1 saturated heterocycles. The summed E-state index contributed by atoms with van der Waals surface area (Å²) in [5.41, 5.74) is 4.11. The second-order valence-electron chi connectivity index (χ2n) is 7.52. The van der Waals surface area contributed by atoms with E-state index in [1.807, 2.05) is 17.0 Å². The molecule has 7 nitrogen and oxygen atoms in total. The Bertz CT molecular complexity index is 1050. The zero-order valence-electron chi connectivity index (χ0n) is 16.2. The molecule has 2 amide bonds. The highest BCUT2D eigenvalue weighted by Gasteiger charge is 2.37. The topological polar surface area (TPSA) is 74.2 Å². The van der Waals surface area contributed by atoms with E-state index in [4.69, 9.17) is 4.98 Å². The lowest BCUT2D eigenvalue weighted by atomic mass is 10.1. The number of aryl methyl sites for hydroxylation is 1. The van der Waals surface area contributed by atoms with Gasteiger partial charge >= 0.3 is 6.03 Å². The number of carbonyl (C=O) groups is 1. The Morgan fingerprint density at radius 2 is 2.00 bits per heavy atom. The van der Waals surface area contributed by atoms with Crippen LogP contribution in [0.5, 0.6) is 0 Å². The highest BCUT2D eigenvalue weighted by Crippen LogP contribution is 2.39. The number of benzene rings is 1. The van der Waals surface area contributed by atoms with Crippen LogP contribution < -0.4 is 15.1 Å². The molecule has 146 valence electrons. The minimum Gasteiger partial charge on any atom is -0.368 e. The lowest BCUT2D eigenvalue weighted by molar-refractivity contribution is 0.253. The monoisotopic (exact) mass is 386 g/mol. The molecule has 6 rings (SSSR count). The number of nitrogens with zero attached hydrogens (tertiary/aromatic N) is 5. The van der Waals surface area contributed by atoms with Gasteiger partial charge in [-0.25, -0.2) is 14.8 Å². The molecule has 0 aliphatic carbocycles. The van der Waals surface area contributed by atoms with Crippen LogP contribution in [0.25, 0.3) is 11.3 Å². The van der Waals surface area contributed by atoms with Gasteiger partial charge < -0.3 is 4.90 Å². The van der Waals surface area contributed by atoms with Crippen molar-refractivity contribution in [2.45, 2.75) is 25.8 Å². The van der Waals surface area contributed by atoms with Gasteiger partial charge in [0.05, 0.1) is 17.6 Å². The maximum absolute atomic E-state index is 13.3. The maximum Gasteiger partial charge on any atom is 0.329 e. The van der Waals surface area contributed by atoms with E-state index in [2.05, 4.69) is 51.4 Å². The first-order valence-electron chi connectivity index (χ1n) is 9.88. The molecule has 0 atom stereocenters. The van der Waals surface area contributed by atoms with Crippen molar-refractivity contribution in [3.05, 3.63) is 60.6 Å². The average Bonchev–Trinajstić information content (AvgIpc) is 3.00. The number of pyridine rings is 1. The van der Waals surface area contributed by atoms with E-state index in [0.717, 1.165) is 42.9 Å². The van der Waals surface area contributed by atoms with Crippen LogP contribution in [-0.2, 0) is 0 Å². The van der Waals surface area contributed by atoms with E-state index in [-0.39, 0.29) is 12.1 Å². The molecule has 1 fully saturated rings. The Morgan fingerprint density at radius 3 is 2.76 bits per heavy atom. The molecule has 3 aliphatic heterocycles. The SMILES string of the molecule is Cc1cccc(-c2ccc3c(n2)N(C(=O)Nc2cnccn2)C2CCN3CC2)c1. The Morgan fingerprint density at radius 1 is 1.14 bits per heavy atom. The molecule has 1 N–H and O–H groups in total. The molecular formula is C22H22N6O. The van der Waals surface area contributed by atoms with Crippen LogP contribution in [0.2, 0.25) is 0 Å². The molecule has 0 radical (unpaired) electrons. The number of urea groups is 1. The summed E-state index contributed by atoms with van der Waals surface area (Å²) in [6.45, 7) is 3.93. The van der Waals surface area contributed by atoms with Gasteiger partial charge in [0.1, 0.15) is 0 Å². The first kappa shape index (κ1) is 17.6. The molecule has 0 saturated carbocycles. The summed E-state index contributed by atoms with van der Waals surface area (Å²) < 4.78 is 0. The third-order valence-electron chi connectivity index (χ3n) is 5.58. The van der Waals surface area contributed by atoms with Crippen molar-refractivity contribution in [1.82, 2.24) is 15.0 Å². The summed E-state index contributed by atoms with van der Waals surface area (Å²) in [7, 11) is 0. The fourth-order valence-electron chi connectivity index (χ4n) is 4.16. The van der Waals surface area contributed by atoms with E-state index in [1.54, 1.807) is 18.6 Å². The van der Waals surface area contributed by atoms with Gasteiger partial charge in [-0.05, 0) is 38.0 Å². The summed E-state index contributed by atoms with van der Waals surface area (Å²) in [4.78, 5) is 30.6. The first-order chi connectivity index (χ1) is 14.2. The molecule has 2 bridgehead atoms. The number of piperidine rings is 1. The van der Waals surface area contributed by atoms with Crippen molar-refractivity contribution in [3.63, 3.8) is 0 Å². The predicted octanol–water partition coefficient (Wildman–Crippen LogP) is 3.87. The number of amides is 2. The van der Waals surface area contributed by atoms with Crippen molar-refractivity contribution in [2.24, 2.45) is 0 Å². The Labute approximate surface area is 169 Å². The highest BCUT2D eigenvalue weighted by molar-refractivity contribution is 6.03. The van der Waals surface area contributed by atoms with Crippen molar-refractivity contribution >= 4 is 23.4 Å². The summed E-state index contributed by atoms with van der Waals surface area (Å²) in [5, 5.41) is 2.89. The summed E-state index contributed by atoms with van der Waals surface area (Å²) >= 11 is 0. The average molecular weight is 386 g/mol. The summed E-state index contributed by atoms with van der Waals surface area (Å²) in [6, 6.07) is 12.3. The zero-order chi connectivity index (χ0) is 19.8. The second kappa shape index (κ2) is 7.16. The number of carbonyl (C=O) groups excluding carboxylic acids is 1. The van der Waals surface area contributed by atoms with E-state index < -0.39 is 0 Å². The minimum atomic E-state index is -0.214. The Balaban J connectivity index is 1.57. The third kappa shape index (κ3) is 3.29. The fourth-order valence-corrected chi connectivity index (χ4v) is 4.16. The second-order valence-corrected chi connectivity index (χ2v) is 7.52. The van der Waals surface area contributed by atoms with Gasteiger partial charge in [-0.3, -0.25) is 15.2 Å². The van der Waals surface area contributed by atoms with Crippen molar-refractivity contribution in [3.8, 4) is 11.3 Å². The number of fused-ring (bicyclic) bond motifs is 2. The van der Waals surface area contributed by atoms with E-state index in [1.165, 1.54) is 5.56 Å². The van der Waals surface area contributed by atoms with Gasteiger partial charge in [-0.1, -0.05) is 23.8 Å². The largest absolute Gasteiger partial charge is 0.368 e. The number of anilines is 3. The molecule has 0 spiro atoms. The van der Waals surface area contributed by atoms with Crippen molar-refractivity contribution in [1.29, 1.82) is 0 Å². The van der Waals surface area contributed by atoms with Crippen molar-refractivity contribution < 1.29 is 4.79 Å². The predicted molar refractivity (Wildman–Crippen MR) is 113 cm³/mol. The van der Waals surface area contributed by atoms with E-state index in [9.17, 15) is 4.79 Å². The summed E-state index contributed by atoms with van der Waals surface area (Å²) in [5.74, 6) is 1.15. The molecule has 0 unspecified atom stereocenters. The smallest absolute Gasteiger partial charge is 0.329 e.